The monoisotopic (exact) mass is 471 g/mol. The normalized spacial score (nSPS) is 12.9. The van der Waals surface area contributed by atoms with Crippen molar-refractivity contribution in [3.8, 4) is 22.8 Å². The molecule has 0 saturated heterocycles. The van der Waals surface area contributed by atoms with Crippen molar-refractivity contribution in [1.82, 2.24) is 19.7 Å². The molecule has 0 unspecified atom stereocenters. The summed E-state index contributed by atoms with van der Waals surface area (Å²) in [5.74, 6) is 1.82. The van der Waals surface area contributed by atoms with E-state index in [2.05, 4.69) is 21.2 Å². The van der Waals surface area contributed by atoms with Gasteiger partial charge in [0.2, 0.25) is 5.91 Å². The van der Waals surface area contributed by atoms with Crippen LogP contribution in [-0.2, 0) is 11.2 Å². The maximum atomic E-state index is 13.2. The number of aromatic nitrogens is 4. The predicted molar refractivity (Wildman–Crippen MR) is 134 cm³/mol. The highest BCUT2D eigenvalue weighted by Gasteiger charge is 2.24. The van der Waals surface area contributed by atoms with Gasteiger partial charge in [0.05, 0.1) is 12.4 Å². The summed E-state index contributed by atoms with van der Waals surface area (Å²) < 4.78 is 7.56. The van der Waals surface area contributed by atoms with Crippen molar-refractivity contribution < 1.29 is 9.53 Å². The van der Waals surface area contributed by atoms with Gasteiger partial charge in [0.15, 0.2) is 11.0 Å². The average Bonchev–Trinajstić information content (AvgIpc) is 3.32. The van der Waals surface area contributed by atoms with Crippen molar-refractivity contribution in [2.45, 2.75) is 24.9 Å². The van der Waals surface area contributed by atoms with Gasteiger partial charge in [-0.05, 0) is 67.8 Å². The smallest absolute Gasteiger partial charge is 0.237 e. The Morgan fingerprint density at radius 1 is 1.06 bits per heavy atom. The van der Waals surface area contributed by atoms with Gasteiger partial charge in [-0.3, -0.25) is 14.3 Å². The molecule has 0 bridgehead atoms. The van der Waals surface area contributed by atoms with Gasteiger partial charge in [0, 0.05) is 35.9 Å². The molecule has 8 heteroatoms. The number of amides is 1. The summed E-state index contributed by atoms with van der Waals surface area (Å²) in [6.45, 7) is 3.30. The zero-order valence-electron chi connectivity index (χ0n) is 18.9. The van der Waals surface area contributed by atoms with Gasteiger partial charge >= 0.3 is 0 Å². The standard InChI is InChI=1S/C26H25N5O2S/c1-2-33-22-13-11-21(12-14-22)31-25(20-8-5-15-27-17-20)28-29-26(31)34-18-24(32)30-16-6-9-19-7-3-4-10-23(19)30/h3-5,7-8,10-15,17H,2,6,9,16,18H2,1H3. The van der Waals surface area contributed by atoms with Gasteiger partial charge in [0.1, 0.15) is 5.75 Å². The summed E-state index contributed by atoms with van der Waals surface area (Å²) in [4.78, 5) is 19.3. The number of benzene rings is 2. The molecule has 0 aliphatic carbocycles. The molecule has 0 fully saturated rings. The molecule has 0 spiro atoms. The number of hydrogen-bond acceptors (Lipinski definition) is 6. The van der Waals surface area contributed by atoms with E-state index in [9.17, 15) is 4.79 Å². The summed E-state index contributed by atoms with van der Waals surface area (Å²) >= 11 is 1.39. The Labute approximate surface area is 202 Å². The van der Waals surface area contributed by atoms with Crippen molar-refractivity contribution in [2.24, 2.45) is 0 Å². The highest BCUT2D eigenvalue weighted by Crippen LogP contribution is 2.31. The quantitative estimate of drug-likeness (QED) is 0.361. The van der Waals surface area contributed by atoms with E-state index in [0.717, 1.165) is 42.1 Å². The summed E-state index contributed by atoms with van der Waals surface area (Å²) in [5.41, 5.74) is 3.99. The molecule has 1 aliphatic heterocycles. The number of nitrogens with zero attached hydrogens (tertiary/aromatic N) is 5. The Morgan fingerprint density at radius 3 is 2.71 bits per heavy atom. The number of pyridine rings is 1. The van der Waals surface area contributed by atoms with E-state index in [1.807, 2.05) is 71.0 Å². The number of hydrogen-bond donors (Lipinski definition) is 0. The van der Waals surface area contributed by atoms with Crippen LogP contribution in [0.25, 0.3) is 17.1 Å². The fourth-order valence-corrected chi connectivity index (χ4v) is 4.96. The van der Waals surface area contributed by atoms with Crippen LogP contribution in [0.5, 0.6) is 5.75 Å². The largest absolute Gasteiger partial charge is 0.494 e. The molecule has 2 aromatic carbocycles. The molecular weight excluding hydrogens is 446 g/mol. The summed E-state index contributed by atoms with van der Waals surface area (Å²) in [5, 5.41) is 9.53. The highest BCUT2D eigenvalue weighted by atomic mass is 32.2. The number of carbonyl (C=O) groups excluding carboxylic acids is 1. The first-order valence-corrected chi connectivity index (χ1v) is 12.3. The molecule has 0 saturated carbocycles. The van der Waals surface area contributed by atoms with Crippen molar-refractivity contribution >= 4 is 23.4 Å². The lowest BCUT2D eigenvalue weighted by molar-refractivity contribution is -0.116. The number of fused-ring (bicyclic) bond motifs is 1. The van der Waals surface area contributed by atoms with E-state index in [4.69, 9.17) is 4.74 Å². The van der Waals surface area contributed by atoms with Gasteiger partial charge in [-0.1, -0.05) is 30.0 Å². The molecule has 172 valence electrons. The Bertz CT molecular complexity index is 1270. The van der Waals surface area contributed by atoms with Gasteiger partial charge in [0.25, 0.3) is 0 Å². The van der Waals surface area contributed by atoms with Gasteiger partial charge in [-0.15, -0.1) is 10.2 Å². The molecule has 7 nitrogen and oxygen atoms in total. The van der Waals surface area contributed by atoms with Crippen molar-refractivity contribution in [2.75, 3.05) is 23.8 Å². The number of ether oxygens (including phenoxy) is 1. The number of aryl methyl sites for hydroxylation is 1. The Kier molecular flexibility index (Phi) is 6.58. The van der Waals surface area contributed by atoms with Crippen molar-refractivity contribution in [3.05, 3.63) is 78.6 Å². The van der Waals surface area contributed by atoms with Crippen LogP contribution in [0.1, 0.15) is 18.9 Å². The van der Waals surface area contributed by atoms with E-state index in [1.165, 1.54) is 17.3 Å². The van der Waals surface area contributed by atoms with Gasteiger partial charge in [-0.25, -0.2) is 0 Å². The Morgan fingerprint density at radius 2 is 1.91 bits per heavy atom. The molecule has 4 aromatic rings. The summed E-state index contributed by atoms with van der Waals surface area (Å²) in [7, 11) is 0. The van der Waals surface area contributed by atoms with Gasteiger partial charge in [-0.2, -0.15) is 0 Å². The zero-order valence-corrected chi connectivity index (χ0v) is 19.7. The molecule has 1 amide bonds. The second-order valence-corrected chi connectivity index (χ2v) is 8.82. The summed E-state index contributed by atoms with van der Waals surface area (Å²) in [6, 6.07) is 19.8. The molecule has 0 atom stereocenters. The molecule has 3 heterocycles. The lowest BCUT2D eigenvalue weighted by Crippen LogP contribution is -2.36. The van der Waals surface area contributed by atoms with Crippen LogP contribution in [0.15, 0.2) is 78.2 Å². The first-order valence-electron chi connectivity index (χ1n) is 11.3. The fraction of sp³-hybridized carbons (Fsp3) is 0.231. The fourth-order valence-electron chi connectivity index (χ4n) is 4.13. The molecule has 34 heavy (non-hydrogen) atoms. The van der Waals surface area contributed by atoms with Crippen LogP contribution >= 0.6 is 11.8 Å². The third-order valence-corrected chi connectivity index (χ3v) is 6.61. The van der Waals surface area contributed by atoms with E-state index in [1.54, 1.807) is 12.4 Å². The van der Waals surface area contributed by atoms with Crippen LogP contribution in [0.2, 0.25) is 0 Å². The lowest BCUT2D eigenvalue weighted by Gasteiger charge is -2.29. The number of para-hydroxylation sites is 1. The van der Waals surface area contributed by atoms with E-state index in [-0.39, 0.29) is 11.7 Å². The average molecular weight is 472 g/mol. The van der Waals surface area contributed by atoms with E-state index < -0.39 is 0 Å². The topological polar surface area (TPSA) is 73.1 Å². The maximum absolute atomic E-state index is 13.2. The second-order valence-electron chi connectivity index (χ2n) is 7.88. The third kappa shape index (κ3) is 4.54. The SMILES string of the molecule is CCOc1ccc(-n2c(SCC(=O)N3CCCc4ccccc43)nnc2-c2cccnc2)cc1. The molecule has 1 aliphatic rings. The third-order valence-electron chi connectivity index (χ3n) is 5.70. The van der Waals surface area contributed by atoms with Crippen LogP contribution in [-0.4, -0.2) is 44.6 Å². The molecule has 5 rings (SSSR count). The minimum Gasteiger partial charge on any atom is -0.494 e. The minimum absolute atomic E-state index is 0.0707. The summed E-state index contributed by atoms with van der Waals surface area (Å²) in [6.07, 6.45) is 5.47. The van der Waals surface area contributed by atoms with Gasteiger partial charge < -0.3 is 9.64 Å². The molecule has 0 radical (unpaired) electrons. The second kappa shape index (κ2) is 10.1. The molecular formula is C26H25N5O2S. The minimum atomic E-state index is 0.0707. The molecule has 0 N–H and O–H groups in total. The maximum Gasteiger partial charge on any atom is 0.237 e. The van der Waals surface area contributed by atoms with Crippen LogP contribution in [0.4, 0.5) is 5.69 Å². The van der Waals surface area contributed by atoms with Crippen molar-refractivity contribution in [3.63, 3.8) is 0 Å². The highest BCUT2D eigenvalue weighted by molar-refractivity contribution is 7.99. The van der Waals surface area contributed by atoms with Crippen LogP contribution < -0.4 is 9.64 Å². The predicted octanol–water partition coefficient (Wildman–Crippen LogP) is 4.80. The lowest BCUT2D eigenvalue weighted by atomic mass is 10.0. The number of carbonyl (C=O) groups is 1. The first-order chi connectivity index (χ1) is 16.7. The molecule has 2 aromatic heterocycles. The number of rotatable bonds is 7. The van der Waals surface area contributed by atoms with E-state index in [0.29, 0.717) is 17.6 Å². The number of anilines is 1. The van der Waals surface area contributed by atoms with E-state index >= 15 is 0 Å². The van der Waals surface area contributed by atoms with Crippen molar-refractivity contribution in [1.29, 1.82) is 0 Å². The Hall–Kier alpha value is -3.65. The number of thioether (sulfide) groups is 1. The first kappa shape index (κ1) is 22.2. The zero-order chi connectivity index (χ0) is 23.3. The Balaban J connectivity index is 1.43. The van der Waals surface area contributed by atoms with Crippen LogP contribution in [0.3, 0.4) is 0 Å². The van der Waals surface area contributed by atoms with Crippen LogP contribution in [0, 0.1) is 0 Å².